The molecule has 2 aromatic carbocycles. The maximum Gasteiger partial charge on any atom is 0.133 e. The zero-order valence-corrected chi connectivity index (χ0v) is 15.7. The second kappa shape index (κ2) is 9.30. The van der Waals surface area contributed by atoms with E-state index in [0.29, 0.717) is 6.54 Å². The van der Waals surface area contributed by atoms with Gasteiger partial charge >= 0.3 is 0 Å². The molecular formula is C16H19BrClNO2S. The summed E-state index contributed by atoms with van der Waals surface area (Å²) in [6, 6.07) is 12.1. The number of benzene rings is 2. The Labute approximate surface area is 150 Å². The molecule has 2 N–H and O–H groups in total. The Morgan fingerprint density at radius 2 is 1.73 bits per heavy atom. The number of rotatable bonds is 6. The first kappa shape index (κ1) is 19.2. The highest BCUT2D eigenvalue weighted by atomic mass is 79.9. The molecule has 2 aromatic rings. The molecule has 3 nitrogen and oxygen atoms in total. The molecule has 0 aromatic heterocycles. The molecule has 0 bridgehead atoms. The van der Waals surface area contributed by atoms with Gasteiger partial charge in [0.25, 0.3) is 0 Å². The molecule has 6 heteroatoms. The standard InChI is InChI=1S/C16H18BrNO2S.ClH/c1-19-13-10-16(14(20-2)9-11(13)7-8-18)21-15-6-4-3-5-12(15)17;/h3-6,9-10H,7-8,18H2,1-2H3;1H. The number of ether oxygens (including phenoxy) is 2. The van der Waals surface area contributed by atoms with Crippen molar-refractivity contribution in [2.75, 3.05) is 20.8 Å². The maximum absolute atomic E-state index is 5.65. The maximum atomic E-state index is 5.65. The van der Waals surface area contributed by atoms with Gasteiger partial charge in [0.1, 0.15) is 11.5 Å². The van der Waals surface area contributed by atoms with Crippen molar-refractivity contribution < 1.29 is 9.47 Å². The van der Waals surface area contributed by atoms with Crippen LogP contribution in [0.5, 0.6) is 11.5 Å². The second-order valence-corrected chi connectivity index (χ2v) is 6.32. The minimum Gasteiger partial charge on any atom is -0.496 e. The lowest BCUT2D eigenvalue weighted by Gasteiger charge is -2.14. The third kappa shape index (κ3) is 4.56. The SMILES string of the molecule is COc1cc(Sc2ccccc2Br)c(OC)cc1CCN.Cl. The summed E-state index contributed by atoms with van der Waals surface area (Å²) in [6.45, 7) is 0.580. The van der Waals surface area contributed by atoms with Crippen molar-refractivity contribution in [1.82, 2.24) is 0 Å². The van der Waals surface area contributed by atoms with E-state index < -0.39 is 0 Å². The second-order valence-electron chi connectivity index (χ2n) is 4.39. The largest absolute Gasteiger partial charge is 0.496 e. The molecule has 0 aliphatic heterocycles. The molecule has 0 spiro atoms. The van der Waals surface area contributed by atoms with Crippen molar-refractivity contribution in [1.29, 1.82) is 0 Å². The van der Waals surface area contributed by atoms with Crippen LogP contribution >= 0.6 is 40.1 Å². The van der Waals surface area contributed by atoms with Gasteiger partial charge in [-0.25, -0.2) is 0 Å². The number of methoxy groups -OCH3 is 2. The van der Waals surface area contributed by atoms with E-state index >= 15 is 0 Å². The zero-order valence-electron chi connectivity index (χ0n) is 12.5. The van der Waals surface area contributed by atoms with E-state index in [1.54, 1.807) is 26.0 Å². The first-order chi connectivity index (χ1) is 10.2. The van der Waals surface area contributed by atoms with E-state index in [0.717, 1.165) is 37.7 Å². The summed E-state index contributed by atoms with van der Waals surface area (Å²) in [4.78, 5) is 2.14. The Morgan fingerprint density at radius 3 is 2.32 bits per heavy atom. The fourth-order valence-electron chi connectivity index (χ4n) is 2.01. The number of hydrogen-bond acceptors (Lipinski definition) is 4. The van der Waals surface area contributed by atoms with Crippen LogP contribution < -0.4 is 15.2 Å². The van der Waals surface area contributed by atoms with Crippen molar-refractivity contribution in [3.63, 3.8) is 0 Å². The van der Waals surface area contributed by atoms with Crippen LogP contribution in [0.2, 0.25) is 0 Å². The average molecular weight is 405 g/mol. The van der Waals surface area contributed by atoms with Gasteiger partial charge in [-0.3, -0.25) is 0 Å². The van der Waals surface area contributed by atoms with Gasteiger partial charge in [0.15, 0.2) is 0 Å². The van der Waals surface area contributed by atoms with Gasteiger partial charge in [-0.05, 0) is 58.7 Å². The monoisotopic (exact) mass is 403 g/mol. The zero-order chi connectivity index (χ0) is 15.2. The molecular weight excluding hydrogens is 386 g/mol. The highest BCUT2D eigenvalue weighted by molar-refractivity contribution is 9.10. The van der Waals surface area contributed by atoms with E-state index in [1.165, 1.54) is 0 Å². The summed E-state index contributed by atoms with van der Waals surface area (Å²) >= 11 is 5.20. The van der Waals surface area contributed by atoms with E-state index in [-0.39, 0.29) is 12.4 Å². The Balaban J connectivity index is 0.00000242. The van der Waals surface area contributed by atoms with E-state index in [4.69, 9.17) is 15.2 Å². The third-order valence-electron chi connectivity index (χ3n) is 3.04. The van der Waals surface area contributed by atoms with Crippen LogP contribution in [-0.2, 0) is 6.42 Å². The summed E-state index contributed by atoms with van der Waals surface area (Å²) in [5, 5.41) is 0. The minimum absolute atomic E-state index is 0. The summed E-state index contributed by atoms with van der Waals surface area (Å²) in [5.41, 5.74) is 6.71. The minimum atomic E-state index is 0. The van der Waals surface area contributed by atoms with Gasteiger partial charge in [-0.1, -0.05) is 23.9 Å². The Hall–Kier alpha value is -0.880. The summed E-state index contributed by atoms with van der Waals surface area (Å²) in [5.74, 6) is 1.68. The summed E-state index contributed by atoms with van der Waals surface area (Å²) in [7, 11) is 3.35. The van der Waals surface area contributed by atoms with Crippen LogP contribution in [0.15, 0.2) is 50.7 Å². The number of hydrogen-bond donors (Lipinski definition) is 1. The van der Waals surface area contributed by atoms with Crippen LogP contribution in [0.4, 0.5) is 0 Å². The molecule has 2 rings (SSSR count). The Morgan fingerprint density at radius 1 is 1.05 bits per heavy atom. The lowest BCUT2D eigenvalue weighted by molar-refractivity contribution is 0.390. The van der Waals surface area contributed by atoms with Crippen LogP contribution in [-0.4, -0.2) is 20.8 Å². The molecule has 0 heterocycles. The average Bonchev–Trinajstić information content (AvgIpc) is 2.50. The molecule has 120 valence electrons. The third-order valence-corrected chi connectivity index (χ3v) is 5.11. The van der Waals surface area contributed by atoms with Gasteiger partial charge in [-0.15, -0.1) is 12.4 Å². The van der Waals surface area contributed by atoms with Crippen LogP contribution in [0, 0.1) is 0 Å². The Bertz CT molecular complexity index is 625. The number of halogens is 2. The molecule has 0 saturated carbocycles. The van der Waals surface area contributed by atoms with Crippen LogP contribution in [0.1, 0.15) is 5.56 Å². The van der Waals surface area contributed by atoms with Crippen molar-refractivity contribution >= 4 is 40.1 Å². The molecule has 0 aliphatic rings. The van der Waals surface area contributed by atoms with E-state index in [2.05, 4.69) is 22.0 Å². The summed E-state index contributed by atoms with van der Waals surface area (Å²) < 4.78 is 12.0. The normalized spacial score (nSPS) is 10.0. The molecule has 0 unspecified atom stereocenters. The number of nitrogens with two attached hydrogens (primary N) is 1. The molecule has 0 saturated heterocycles. The predicted molar refractivity (Wildman–Crippen MR) is 97.8 cm³/mol. The fourth-order valence-corrected chi connectivity index (χ4v) is 3.50. The molecule has 0 atom stereocenters. The molecule has 0 aliphatic carbocycles. The van der Waals surface area contributed by atoms with Crippen LogP contribution in [0.25, 0.3) is 0 Å². The quantitative estimate of drug-likeness (QED) is 0.767. The van der Waals surface area contributed by atoms with Crippen LogP contribution in [0.3, 0.4) is 0 Å². The smallest absolute Gasteiger partial charge is 0.133 e. The highest BCUT2D eigenvalue weighted by Crippen LogP contribution is 2.41. The van der Waals surface area contributed by atoms with E-state index in [9.17, 15) is 0 Å². The van der Waals surface area contributed by atoms with Gasteiger partial charge in [0.05, 0.1) is 19.1 Å². The lowest BCUT2D eigenvalue weighted by Crippen LogP contribution is -2.05. The van der Waals surface area contributed by atoms with Gasteiger partial charge in [0, 0.05) is 9.37 Å². The van der Waals surface area contributed by atoms with Crippen molar-refractivity contribution in [2.24, 2.45) is 5.73 Å². The van der Waals surface area contributed by atoms with Gasteiger partial charge < -0.3 is 15.2 Å². The fraction of sp³-hybridized carbons (Fsp3) is 0.250. The molecule has 0 amide bonds. The van der Waals surface area contributed by atoms with Gasteiger partial charge in [-0.2, -0.15) is 0 Å². The first-order valence-electron chi connectivity index (χ1n) is 6.57. The van der Waals surface area contributed by atoms with Crippen molar-refractivity contribution in [3.8, 4) is 11.5 Å². The van der Waals surface area contributed by atoms with Crippen molar-refractivity contribution in [2.45, 2.75) is 16.2 Å². The van der Waals surface area contributed by atoms with Gasteiger partial charge in [0.2, 0.25) is 0 Å². The topological polar surface area (TPSA) is 44.5 Å². The predicted octanol–water partition coefficient (Wildman–Crippen LogP) is 4.54. The van der Waals surface area contributed by atoms with Crippen molar-refractivity contribution in [3.05, 3.63) is 46.4 Å². The Kier molecular flexibility index (Phi) is 8.10. The highest BCUT2D eigenvalue weighted by Gasteiger charge is 2.13. The molecule has 22 heavy (non-hydrogen) atoms. The lowest BCUT2D eigenvalue weighted by atomic mass is 10.1. The van der Waals surface area contributed by atoms with E-state index in [1.807, 2.05) is 30.3 Å². The molecule has 0 radical (unpaired) electrons. The molecule has 0 fully saturated rings. The first-order valence-corrected chi connectivity index (χ1v) is 8.18. The summed E-state index contributed by atoms with van der Waals surface area (Å²) in [6.07, 6.45) is 0.763.